The predicted octanol–water partition coefficient (Wildman–Crippen LogP) is -0.0107. The second-order valence-electron chi connectivity index (χ2n) is 4.44. The van der Waals surface area contributed by atoms with Crippen molar-refractivity contribution in [3.63, 3.8) is 0 Å². The van der Waals surface area contributed by atoms with E-state index >= 15 is 0 Å². The Hall–Kier alpha value is -1.06. The van der Waals surface area contributed by atoms with E-state index in [0.29, 0.717) is 17.9 Å². The standard InChI is InChI=1S/C10H16N2O2/c1-6-3-8(7(6)2)12-5-9(13)11-4-10(12)14/h6-8H,3-5H2,1-2H3,(H,11,13). The summed E-state index contributed by atoms with van der Waals surface area (Å²) in [6.45, 7) is 4.77. The minimum Gasteiger partial charge on any atom is -0.345 e. The van der Waals surface area contributed by atoms with Crippen LogP contribution in [0.1, 0.15) is 20.3 Å². The molecule has 1 aliphatic carbocycles. The Morgan fingerprint density at radius 1 is 1.36 bits per heavy atom. The molecule has 1 aliphatic heterocycles. The van der Waals surface area contributed by atoms with Gasteiger partial charge in [0.25, 0.3) is 0 Å². The minimum atomic E-state index is -0.0312. The Bertz CT molecular complexity index is 277. The van der Waals surface area contributed by atoms with E-state index < -0.39 is 0 Å². The molecule has 0 radical (unpaired) electrons. The molecule has 4 nitrogen and oxygen atoms in total. The van der Waals surface area contributed by atoms with Crippen molar-refractivity contribution in [1.82, 2.24) is 10.2 Å². The maximum atomic E-state index is 11.5. The SMILES string of the molecule is CC1CC(N2CC(=O)NCC2=O)C1C. The molecule has 3 atom stereocenters. The molecule has 4 heteroatoms. The molecule has 3 unspecified atom stereocenters. The summed E-state index contributed by atoms with van der Waals surface area (Å²) in [6.07, 6.45) is 1.04. The van der Waals surface area contributed by atoms with E-state index in [0.717, 1.165) is 6.42 Å². The third-order valence-electron chi connectivity index (χ3n) is 3.59. The van der Waals surface area contributed by atoms with Crippen molar-refractivity contribution < 1.29 is 9.59 Å². The molecule has 1 saturated carbocycles. The van der Waals surface area contributed by atoms with E-state index in [2.05, 4.69) is 19.2 Å². The minimum absolute atomic E-state index is 0.0312. The lowest BCUT2D eigenvalue weighted by atomic mass is 9.70. The van der Waals surface area contributed by atoms with Crippen molar-refractivity contribution in [2.75, 3.05) is 13.1 Å². The van der Waals surface area contributed by atoms with E-state index in [1.165, 1.54) is 0 Å². The van der Waals surface area contributed by atoms with E-state index in [1.54, 1.807) is 4.90 Å². The molecule has 2 fully saturated rings. The Morgan fingerprint density at radius 2 is 2.07 bits per heavy atom. The summed E-state index contributed by atoms with van der Waals surface area (Å²) < 4.78 is 0. The summed E-state index contributed by atoms with van der Waals surface area (Å²) in [6, 6.07) is 0.295. The summed E-state index contributed by atoms with van der Waals surface area (Å²) in [4.78, 5) is 24.4. The first kappa shape index (κ1) is 9.49. The van der Waals surface area contributed by atoms with Crippen LogP contribution in [0.25, 0.3) is 0 Å². The van der Waals surface area contributed by atoms with Gasteiger partial charge < -0.3 is 10.2 Å². The Balaban J connectivity index is 2.02. The normalized spacial score (nSPS) is 37.9. The molecule has 14 heavy (non-hydrogen) atoms. The summed E-state index contributed by atoms with van der Waals surface area (Å²) in [5.41, 5.74) is 0. The Kier molecular flexibility index (Phi) is 2.21. The van der Waals surface area contributed by atoms with Crippen LogP contribution in [0.15, 0.2) is 0 Å². The van der Waals surface area contributed by atoms with E-state index in [4.69, 9.17) is 0 Å². The van der Waals surface area contributed by atoms with Crippen LogP contribution >= 0.6 is 0 Å². The smallest absolute Gasteiger partial charge is 0.242 e. The molecule has 1 heterocycles. The summed E-state index contributed by atoms with van der Waals surface area (Å²) in [5.74, 6) is 1.24. The van der Waals surface area contributed by atoms with Gasteiger partial charge in [0.15, 0.2) is 0 Å². The van der Waals surface area contributed by atoms with Gasteiger partial charge in [-0.05, 0) is 18.3 Å². The second kappa shape index (κ2) is 3.26. The zero-order valence-electron chi connectivity index (χ0n) is 8.62. The van der Waals surface area contributed by atoms with Gasteiger partial charge in [-0.15, -0.1) is 0 Å². The number of carbonyl (C=O) groups excluding carboxylic acids is 2. The van der Waals surface area contributed by atoms with E-state index in [9.17, 15) is 9.59 Å². The fourth-order valence-electron chi connectivity index (χ4n) is 2.28. The monoisotopic (exact) mass is 196 g/mol. The van der Waals surface area contributed by atoms with E-state index in [-0.39, 0.29) is 24.9 Å². The fraction of sp³-hybridized carbons (Fsp3) is 0.800. The van der Waals surface area contributed by atoms with Gasteiger partial charge in [-0.3, -0.25) is 9.59 Å². The number of nitrogens with one attached hydrogen (secondary N) is 1. The van der Waals surface area contributed by atoms with Crippen LogP contribution in [-0.2, 0) is 9.59 Å². The zero-order chi connectivity index (χ0) is 10.3. The third kappa shape index (κ3) is 1.38. The highest BCUT2D eigenvalue weighted by molar-refractivity contribution is 5.92. The number of amides is 2. The molecule has 1 saturated heterocycles. The largest absolute Gasteiger partial charge is 0.345 e. The third-order valence-corrected chi connectivity index (χ3v) is 3.59. The van der Waals surface area contributed by atoms with Crippen LogP contribution in [0.3, 0.4) is 0 Å². The number of rotatable bonds is 1. The van der Waals surface area contributed by atoms with Crippen LogP contribution in [0.2, 0.25) is 0 Å². The number of nitrogens with zero attached hydrogens (tertiary/aromatic N) is 1. The average molecular weight is 196 g/mol. The van der Waals surface area contributed by atoms with Crippen molar-refractivity contribution in [2.45, 2.75) is 26.3 Å². The van der Waals surface area contributed by atoms with Gasteiger partial charge in [-0.2, -0.15) is 0 Å². The fourth-order valence-corrected chi connectivity index (χ4v) is 2.28. The number of hydrogen-bond donors (Lipinski definition) is 1. The van der Waals surface area contributed by atoms with Crippen molar-refractivity contribution >= 4 is 11.8 Å². The van der Waals surface area contributed by atoms with Crippen molar-refractivity contribution in [2.24, 2.45) is 11.8 Å². The topological polar surface area (TPSA) is 49.4 Å². The second-order valence-corrected chi connectivity index (χ2v) is 4.44. The molecule has 0 spiro atoms. The highest BCUT2D eigenvalue weighted by atomic mass is 16.2. The first-order chi connectivity index (χ1) is 6.59. The molecule has 0 bridgehead atoms. The molecule has 2 amide bonds. The number of piperazine rings is 1. The quantitative estimate of drug-likeness (QED) is 0.641. The molecular weight excluding hydrogens is 180 g/mol. The lowest BCUT2D eigenvalue weighted by molar-refractivity contribution is -0.147. The summed E-state index contributed by atoms with van der Waals surface area (Å²) in [5, 5.41) is 2.56. The van der Waals surface area contributed by atoms with Gasteiger partial charge in [0.1, 0.15) is 0 Å². The highest BCUT2D eigenvalue weighted by Crippen LogP contribution is 2.37. The van der Waals surface area contributed by atoms with Gasteiger partial charge >= 0.3 is 0 Å². The molecular formula is C10H16N2O2. The molecule has 1 N–H and O–H groups in total. The maximum Gasteiger partial charge on any atom is 0.242 e. The molecule has 78 valence electrons. The molecule has 2 aliphatic rings. The molecule has 0 aromatic heterocycles. The van der Waals surface area contributed by atoms with Crippen LogP contribution in [0.4, 0.5) is 0 Å². The van der Waals surface area contributed by atoms with Gasteiger partial charge in [0.2, 0.25) is 11.8 Å². The van der Waals surface area contributed by atoms with Crippen molar-refractivity contribution in [1.29, 1.82) is 0 Å². The van der Waals surface area contributed by atoms with Gasteiger partial charge in [-0.25, -0.2) is 0 Å². The number of carbonyl (C=O) groups is 2. The number of hydrogen-bond acceptors (Lipinski definition) is 2. The van der Waals surface area contributed by atoms with Crippen molar-refractivity contribution in [3.05, 3.63) is 0 Å². The van der Waals surface area contributed by atoms with Gasteiger partial charge in [0, 0.05) is 6.04 Å². The predicted molar refractivity (Wildman–Crippen MR) is 51.5 cm³/mol. The Morgan fingerprint density at radius 3 is 2.64 bits per heavy atom. The van der Waals surface area contributed by atoms with E-state index in [1.807, 2.05) is 0 Å². The van der Waals surface area contributed by atoms with Crippen LogP contribution in [0, 0.1) is 11.8 Å². The summed E-state index contributed by atoms with van der Waals surface area (Å²) in [7, 11) is 0. The van der Waals surface area contributed by atoms with Gasteiger partial charge in [0.05, 0.1) is 13.1 Å². The first-order valence-corrected chi connectivity index (χ1v) is 5.15. The Labute approximate surface area is 83.6 Å². The summed E-state index contributed by atoms with van der Waals surface area (Å²) >= 11 is 0. The maximum absolute atomic E-state index is 11.5. The van der Waals surface area contributed by atoms with Crippen LogP contribution in [-0.4, -0.2) is 35.8 Å². The zero-order valence-corrected chi connectivity index (χ0v) is 8.62. The molecule has 0 aromatic carbocycles. The van der Waals surface area contributed by atoms with Crippen LogP contribution in [0.5, 0.6) is 0 Å². The highest BCUT2D eigenvalue weighted by Gasteiger charge is 2.42. The van der Waals surface area contributed by atoms with Crippen LogP contribution < -0.4 is 5.32 Å². The van der Waals surface area contributed by atoms with Crippen molar-refractivity contribution in [3.8, 4) is 0 Å². The average Bonchev–Trinajstić information content (AvgIpc) is 2.18. The van der Waals surface area contributed by atoms with Gasteiger partial charge in [-0.1, -0.05) is 13.8 Å². The molecule has 0 aromatic rings. The lowest BCUT2D eigenvalue weighted by Crippen LogP contribution is -2.60. The lowest BCUT2D eigenvalue weighted by Gasteiger charge is -2.48. The first-order valence-electron chi connectivity index (χ1n) is 5.15. The molecule has 2 rings (SSSR count).